The van der Waals surface area contributed by atoms with Crippen molar-refractivity contribution in [3.63, 3.8) is 0 Å². The third-order valence-corrected chi connectivity index (χ3v) is 2.13. The van der Waals surface area contributed by atoms with Gasteiger partial charge in [0.1, 0.15) is 11.6 Å². The molecule has 0 spiro atoms. The molecule has 0 bridgehead atoms. The van der Waals surface area contributed by atoms with Gasteiger partial charge in [0.15, 0.2) is 5.15 Å². The third-order valence-electron chi connectivity index (χ3n) is 1.83. The number of nitrogen functional groups attached to an aromatic ring is 1. The predicted molar refractivity (Wildman–Crippen MR) is 51.1 cm³/mol. The van der Waals surface area contributed by atoms with Crippen LogP contribution in [0.4, 0.5) is 14.5 Å². The number of aromatic nitrogens is 1. The van der Waals surface area contributed by atoms with E-state index in [4.69, 9.17) is 17.3 Å². The molecule has 0 saturated heterocycles. The summed E-state index contributed by atoms with van der Waals surface area (Å²) in [6, 6.07) is 3.21. The van der Waals surface area contributed by atoms with E-state index in [1.54, 1.807) is 0 Å². The molecule has 1 aromatic heterocycles. The van der Waals surface area contributed by atoms with E-state index in [0.717, 1.165) is 12.1 Å². The second-order valence-electron chi connectivity index (χ2n) is 2.82. The van der Waals surface area contributed by atoms with Crippen LogP contribution in [0.3, 0.4) is 0 Å². The molecule has 1 heterocycles. The zero-order chi connectivity index (χ0) is 10.3. The monoisotopic (exact) mass is 214 g/mol. The molecule has 0 fully saturated rings. The van der Waals surface area contributed by atoms with Crippen molar-refractivity contribution in [2.45, 2.75) is 0 Å². The molecule has 0 atom stereocenters. The number of rotatable bonds is 0. The highest BCUT2D eigenvalue weighted by Gasteiger charge is 2.07. The SMILES string of the molecule is Nc1cc2c(F)cc(F)cc2nc1Cl. The van der Waals surface area contributed by atoms with Crippen LogP contribution in [0.5, 0.6) is 0 Å². The predicted octanol–water partition coefficient (Wildman–Crippen LogP) is 2.75. The van der Waals surface area contributed by atoms with Crippen LogP contribution in [0.15, 0.2) is 18.2 Å². The number of benzene rings is 1. The van der Waals surface area contributed by atoms with Crippen molar-refractivity contribution in [1.29, 1.82) is 0 Å². The number of hydrogen-bond donors (Lipinski definition) is 1. The molecule has 0 saturated carbocycles. The molecule has 1 aromatic carbocycles. The summed E-state index contributed by atoms with van der Waals surface area (Å²) in [5.41, 5.74) is 5.76. The molecule has 5 heteroatoms. The van der Waals surface area contributed by atoms with Crippen molar-refractivity contribution in [3.05, 3.63) is 35.0 Å². The zero-order valence-corrected chi connectivity index (χ0v) is 7.65. The molecule has 72 valence electrons. The lowest BCUT2D eigenvalue weighted by molar-refractivity contribution is 0.591. The number of nitrogens with zero attached hydrogens (tertiary/aromatic N) is 1. The van der Waals surface area contributed by atoms with Gasteiger partial charge in [-0.1, -0.05) is 11.6 Å². The summed E-state index contributed by atoms with van der Waals surface area (Å²) in [5.74, 6) is -1.39. The van der Waals surface area contributed by atoms with Crippen molar-refractivity contribution in [2.24, 2.45) is 0 Å². The summed E-state index contributed by atoms with van der Waals surface area (Å²) < 4.78 is 26.0. The number of hydrogen-bond acceptors (Lipinski definition) is 2. The molecule has 0 aliphatic rings. The van der Waals surface area contributed by atoms with Crippen LogP contribution in [-0.4, -0.2) is 4.98 Å². The molecule has 2 N–H and O–H groups in total. The van der Waals surface area contributed by atoms with Gasteiger partial charge in [-0.05, 0) is 6.07 Å². The summed E-state index contributed by atoms with van der Waals surface area (Å²) in [6.45, 7) is 0. The Morgan fingerprint density at radius 2 is 1.93 bits per heavy atom. The largest absolute Gasteiger partial charge is 0.396 e. The van der Waals surface area contributed by atoms with Crippen molar-refractivity contribution in [3.8, 4) is 0 Å². The standard InChI is InChI=1S/C9H5ClF2N2/c10-9-7(13)3-5-6(12)1-4(11)2-8(5)14-9/h1-3H,13H2. The van der Waals surface area contributed by atoms with Crippen molar-refractivity contribution < 1.29 is 8.78 Å². The Morgan fingerprint density at radius 3 is 2.64 bits per heavy atom. The maximum atomic E-state index is 13.2. The van der Waals surface area contributed by atoms with Gasteiger partial charge in [-0.2, -0.15) is 0 Å². The Hall–Kier alpha value is -1.42. The van der Waals surface area contributed by atoms with Crippen molar-refractivity contribution in [1.82, 2.24) is 4.98 Å². The molecular formula is C9H5ClF2N2. The molecule has 0 aliphatic carbocycles. The van der Waals surface area contributed by atoms with Crippen molar-refractivity contribution in [2.75, 3.05) is 5.73 Å². The number of nitrogens with two attached hydrogens (primary N) is 1. The van der Waals surface area contributed by atoms with Gasteiger partial charge in [-0.25, -0.2) is 13.8 Å². The van der Waals surface area contributed by atoms with Gasteiger partial charge in [0.25, 0.3) is 0 Å². The molecule has 0 aliphatic heterocycles. The van der Waals surface area contributed by atoms with Crippen LogP contribution in [0.2, 0.25) is 5.15 Å². The van der Waals surface area contributed by atoms with Gasteiger partial charge >= 0.3 is 0 Å². The van der Waals surface area contributed by atoms with E-state index >= 15 is 0 Å². The quantitative estimate of drug-likeness (QED) is 0.685. The first kappa shape index (κ1) is 9.15. The van der Waals surface area contributed by atoms with Crippen molar-refractivity contribution >= 4 is 28.2 Å². The summed E-state index contributed by atoms with van der Waals surface area (Å²) in [7, 11) is 0. The molecule has 2 nitrogen and oxygen atoms in total. The first-order chi connectivity index (χ1) is 6.58. The fourth-order valence-corrected chi connectivity index (χ4v) is 1.34. The van der Waals surface area contributed by atoms with Gasteiger partial charge in [0.05, 0.1) is 11.2 Å². The van der Waals surface area contributed by atoms with Crippen LogP contribution in [0, 0.1) is 11.6 Å². The summed E-state index contributed by atoms with van der Waals surface area (Å²) >= 11 is 5.61. The minimum absolute atomic E-state index is 0.0440. The second kappa shape index (κ2) is 3.06. The van der Waals surface area contributed by atoms with E-state index in [0.29, 0.717) is 0 Å². The van der Waals surface area contributed by atoms with E-state index in [1.807, 2.05) is 0 Å². The third kappa shape index (κ3) is 1.37. The van der Waals surface area contributed by atoms with Crippen LogP contribution in [0.1, 0.15) is 0 Å². The maximum Gasteiger partial charge on any atom is 0.152 e. The zero-order valence-electron chi connectivity index (χ0n) is 6.89. The highest BCUT2D eigenvalue weighted by atomic mass is 35.5. The molecular weight excluding hydrogens is 210 g/mol. The Bertz CT molecular complexity index is 514. The van der Waals surface area contributed by atoms with Gasteiger partial charge in [-0.15, -0.1) is 0 Å². The van der Waals surface area contributed by atoms with Gasteiger partial charge in [-0.3, -0.25) is 0 Å². The van der Waals surface area contributed by atoms with E-state index in [1.165, 1.54) is 6.07 Å². The number of pyridine rings is 1. The van der Waals surface area contributed by atoms with E-state index in [2.05, 4.69) is 4.98 Å². The fraction of sp³-hybridized carbons (Fsp3) is 0. The molecule has 0 radical (unpaired) electrons. The highest BCUT2D eigenvalue weighted by molar-refractivity contribution is 6.32. The van der Waals surface area contributed by atoms with Crippen LogP contribution >= 0.6 is 11.6 Å². The lowest BCUT2D eigenvalue weighted by Crippen LogP contribution is -1.92. The lowest BCUT2D eigenvalue weighted by Gasteiger charge is -2.02. The van der Waals surface area contributed by atoms with Crippen LogP contribution in [-0.2, 0) is 0 Å². The first-order valence-electron chi connectivity index (χ1n) is 3.78. The average Bonchev–Trinajstić information content (AvgIpc) is 2.08. The van der Waals surface area contributed by atoms with E-state index < -0.39 is 11.6 Å². The van der Waals surface area contributed by atoms with E-state index in [-0.39, 0.29) is 21.7 Å². The number of halogens is 3. The summed E-state index contributed by atoms with van der Waals surface area (Å²) in [4.78, 5) is 3.76. The molecule has 14 heavy (non-hydrogen) atoms. The topological polar surface area (TPSA) is 38.9 Å². The van der Waals surface area contributed by atoms with E-state index in [9.17, 15) is 8.78 Å². The second-order valence-corrected chi connectivity index (χ2v) is 3.18. The fourth-order valence-electron chi connectivity index (χ4n) is 1.19. The molecule has 0 amide bonds. The lowest BCUT2D eigenvalue weighted by atomic mass is 10.2. The Morgan fingerprint density at radius 1 is 1.21 bits per heavy atom. The van der Waals surface area contributed by atoms with Gasteiger partial charge < -0.3 is 5.73 Å². The smallest absolute Gasteiger partial charge is 0.152 e. The molecule has 2 rings (SSSR count). The highest BCUT2D eigenvalue weighted by Crippen LogP contribution is 2.24. The Kier molecular flexibility index (Phi) is 2.00. The normalized spacial score (nSPS) is 10.8. The first-order valence-corrected chi connectivity index (χ1v) is 4.16. The maximum absolute atomic E-state index is 13.2. The minimum Gasteiger partial charge on any atom is -0.396 e. The number of fused-ring (bicyclic) bond motifs is 1. The summed E-state index contributed by atoms with van der Waals surface area (Å²) in [6.07, 6.45) is 0. The number of anilines is 1. The van der Waals surface area contributed by atoms with Gasteiger partial charge in [0, 0.05) is 17.5 Å². The Labute approximate surface area is 83.3 Å². The average molecular weight is 215 g/mol. The van der Waals surface area contributed by atoms with Gasteiger partial charge in [0.2, 0.25) is 0 Å². The molecule has 0 unspecified atom stereocenters. The molecule has 2 aromatic rings. The minimum atomic E-state index is -0.698. The van der Waals surface area contributed by atoms with Crippen LogP contribution < -0.4 is 5.73 Å². The Balaban J connectivity index is 2.89. The summed E-state index contributed by atoms with van der Waals surface area (Å²) in [5, 5.41) is 0.204. The van der Waals surface area contributed by atoms with Crippen LogP contribution in [0.25, 0.3) is 10.9 Å².